The van der Waals surface area contributed by atoms with E-state index in [0.29, 0.717) is 22.6 Å². The number of aliphatic hydroxyl groups is 1. The molecule has 6 heteroatoms. The molecule has 0 aliphatic heterocycles. The third-order valence-corrected chi connectivity index (χ3v) is 3.14. The number of ether oxygens (including phenoxy) is 2. The van der Waals surface area contributed by atoms with Crippen LogP contribution in [0.4, 0.5) is 5.69 Å². The number of rotatable bonds is 5. The van der Waals surface area contributed by atoms with Crippen LogP contribution in [0, 0.1) is 10.1 Å². The number of non-ortho nitro benzene ring substituents is 1. The van der Waals surface area contributed by atoms with E-state index in [-0.39, 0.29) is 5.69 Å². The van der Waals surface area contributed by atoms with Gasteiger partial charge in [0.2, 0.25) is 0 Å². The Morgan fingerprint density at radius 2 is 1.57 bits per heavy atom. The number of benzene rings is 2. The summed E-state index contributed by atoms with van der Waals surface area (Å²) >= 11 is 0. The number of nitro benzene ring substituents is 1. The second-order valence-electron chi connectivity index (χ2n) is 4.37. The summed E-state index contributed by atoms with van der Waals surface area (Å²) < 4.78 is 10.3. The number of nitro groups is 1. The van der Waals surface area contributed by atoms with Crippen LogP contribution in [0.15, 0.2) is 42.5 Å². The van der Waals surface area contributed by atoms with Crippen molar-refractivity contribution in [3.63, 3.8) is 0 Å². The van der Waals surface area contributed by atoms with Crippen molar-refractivity contribution in [2.45, 2.75) is 6.10 Å². The van der Waals surface area contributed by atoms with Crippen molar-refractivity contribution in [2.24, 2.45) is 0 Å². The van der Waals surface area contributed by atoms with Crippen LogP contribution in [0.5, 0.6) is 11.5 Å². The Morgan fingerprint density at radius 1 is 1.00 bits per heavy atom. The first-order valence-corrected chi connectivity index (χ1v) is 6.21. The summed E-state index contributed by atoms with van der Waals surface area (Å²) in [7, 11) is 3.05. The highest BCUT2D eigenvalue weighted by Gasteiger charge is 2.15. The zero-order valence-corrected chi connectivity index (χ0v) is 11.6. The Kier molecular flexibility index (Phi) is 4.39. The van der Waals surface area contributed by atoms with Gasteiger partial charge in [0.05, 0.1) is 19.1 Å². The van der Waals surface area contributed by atoms with E-state index in [4.69, 9.17) is 9.47 Å². The third kappa shape index (κ3) is 3.11. The molecule has 0 aliphatic carbocycles. The van der Waals surface area contributed by atoms with Crippen LogP contribution in [0.2, 0.25) is 0 Å². The lowest BCUT2D eigenvalue weighted by Crippen LogP contribution is -2.01. The van der Waals surface area contributed by atoms with Crippen LogP contribution < -0.4 is 9.47 Å². The Morgan fingerprint density at radius 3 is 2.10 bits per heavy atom. The fourth-order valence-corrected chi connectivity index (χ4v) is 1.99. The summed E-state index contributed by atoms with van der Waals surface area (Å²) in [6, 6.07) is 10.9. The summed E-state index contributed by atoms with van der Waals surface area (Å²) in [4.78, 5) is 10.1. The van der Waals surface area contributed by atoms with Crippen LogP contribution in [0.1, 0.15) is 17.2 Å². The molecule has 0 saturated heterocycles. The Hall–Kier alpha value is -2.60. The van der Waals surface area contributed by atoms with E-state index in [1.807, 2.05) is 0 Å². The molecule has 0 radical (unpaired) electrons. The molecule has 0 amide bonds. The highest BCUT2D eigenvalue weighted by molar-refractivity contribution is 5.46. The molecule has 0 aromatic heterocycles. The first-order valence-electron chi connectivity index (χ1n) is 6.21. The van der Waals surface area contributed by atoms with Gasteiger partial charge >= 0.3 is 0 Å². The number of aliphatic hydroxyl groups excluding tert-OH is 1. The monoisotopic (exact) mass is 289 g/mol. The summed E-state index contributed by atoms with van der Waals surface area (Å²) in [6.45, 7) is 0. The molecule has 2 aromatic carbocycles. The molecule has 0 aliphatic rings. The molecule has 1 N–H and O–H groups in total. The van der Waals surface area contributed by atoms with E-state index in [2.05, 4.69) is 0 Å². The lowest BCUT2D eigenvalue weighted by molar-refractivity contribution is -0.384. The van der Waals surface area contributed by atoms with Gasteiger partial charge in [-0.05, 0) is 35.4 Å². The minimum atomic E-state index is -0.898. The standard InChI is InChI=1S/C15H15NO5/c1-20-13-8-5-11(9-14(13)21-2)15(17)10-3-6-12(7-4-10)16(18)19/h3-9,15,17H,1-2H3/t15-/m1/s1. The molecule has 0 spiro atoms. The lowest BCUT2D eigenvalue weighted by atomic mass is 10.0. The topological polar surface area (TPSA) is 81.8 Å². The van der Waals surface area contributed by atoms with Crippen molar-refractivity contribution >= 4 is 5.69 Å². The van der Waals surface area contributed by atoms with Crippen molar-refractivity contribution < 1.29 is 19.5 Å². The SMILES string of the molecule is COc1ccc([C@H](O)c2ccc([N+](=O)[O-])cc2)cc1OC. The van der Waals surface area contributed by atoms with Gasteiger partial charge in [-0.2, -0.15) is 0 Å². The van der Waals surface area contributed by atoms with E-state index >= 15 is 0 Å². The smallest absolute Gasteiger partial charge is 0.269 e. The maximum atomic E-state index is 10.6. The van der Waals surface area contributed by atoms with Gasteiger partial charge < -0.3 is 14.6 Å². The Labute approximate surface area is 121 Å². The van der Waals surface area contributed by atoms with Crippen LogP contribution in [0.25, 0.3) is 0 Å². The fraction of sp³-hybridized carbons (Fsp3) is 0.200. The molecule has 0 bridgehead atoms. The third-order valence-electron chi connectivity index (χ3n) is 3.14. The van der Waals surface area contributed by atoms with Gasteiger partial charge in [-0.1, -0.05) is 6.07 Å². The average molecular weight is 289 g/mol. The molecule has 0 heterocycles. The minimum Gasteiger partial charge on any atom is -0.493 e. The molecule has 2 rings (SSSR count). The van der Waals surface area contributed by atoms with E-state index in [9.17, 15) is 15.2 Å². The van der Waals surface area contributed by atoms with Crippen LogP contribution in [0.3, 0.4) is 0 Å². The largest absolute Gasteiger partial charge is 0.493 e. The van der Waals surface area contributed by atoms with Gasteiger partial charge in [-0.25, -0.2) is 0 Å². The van der Waals surface area contributed by atoms with E-state index < -0.39 is 11.0 Å². The molecule has 0 saturated carbocycles. The van der Waals surface area contributed by atoms with Crippen molar-refractivity contribution in [3.05, 3.63) is 63.7 Å². The zero-order valence-electron chi connectivity index (χ0n) is 11.6. The zero-order chi connectivity index (χ0) is 15.4. The highest BCUT2D eigenvalue weighted by atomic mass is 16.6. The number of methoxy groups -OCH3 is 2. The first-order chi connectivity index (χ1) is 10.1. The van der Waals surface area contributed by atoms with Gasteiger partial charge in [0.1, 0.15) is 6.10 Å². The second-order valence-corrected chi connectivity index (χ2v) is 4.37. The molecule has 1 atom stereocenters. The summed E-state index contributed by atoms with van der Waals surface area (Å²) in [5.74, 6) is 1.08. The second kappa shape index (κ2) is 6.23. The van der Waals surface area contributed by atoms with Crippen molar-refractivity contribution in [1.29, 1.82) is 0 Å². The van der Waals surface area contributed by atoms with Gasteiger partial charge in [-0.15, -0.1) is 0 Å². The number of nitrogens with zero attached hydrogens (tertiary/aromatic N) is 1. The molecule has 0 fully saturated rings. The van der Waals surface area contributed by atoms with Crippen molar-refractivity contribution in [2.75, 3.05) is 14.2 Å². The lowest BCUT2D eigenvalue weighted by Gasteiger charge is -2.14. The summed E-state index contributed by atoms with van der Waals surface area (Å²) in [6.07, 6.45) is -0.898. The van der Waals surface area contributed by atoms with Gasteiger partial charge in [0.15, 0.2) is 11.5 Å². The fourth-order valence-electron chi connectivity index (χ4n) is 1.99. The predicted octanol–water partition coefficient (Wildman–Crippen LogP) is 2.69. The van der Waals surface area contributed by atoms with Crippen LogP contribution in [-0.4, -0.2) is 24.2 Å². The maximum absolute atomic E-state index is 10.6. The molecular formula is C15H15NO5. The van der Waals surface area contributed by atoms with E-state index in [0.717, 1.165) is 0 Å². The van der Waals surface area contributed by atoms with Gasteiger partial charge in [-0.3, -0.25) is 10.1 Å². The van der Waals surface area contributed by atoms with Crippen LogP contribution >= 0.6 is 0 Å². The molecule has 2 aromatic rings. The summed E-state index contributed by atoms with van der Waals surface area (Å²) in [5, 5.41) is 21.0. The number of hydrogen-bond acceptors (Lipinski definition) is 5. The maximum Gasteiger partial charge on any atom is 0.269 e. The van der Waals surface area contributed by atoms with Crippen LogP contribution in [-0.2, 0) is 0 Å². The van der Waals surface area contributed by atoms with E-state index in [1.165, 1.54) is 38.5 Å². The Balaban J connectivity index is 2.30. The molecule has 6 nitrogen and oxygen atoms in total. The minimum absolute atomic E-state index is 0.0155. The first kappa shape index (κ1) is 14.8. The van der Waals surface area contributed by atoms with Crippen molar-refractivity contribution in [1.82, 2.24) is 0 Å². The summed E-state index contributed by atoms with van der Waals surface area (Å²) in [5.41, 5.74) is 1.16. The molecule has 110 valence electrons. The van der Waals surface area contributed by atoms with Gasteiger partial charge in [0, 0.05) is 12.1 Å². The Bertz CT molecular complexity index is 639. The number of hydrogen-bond donors (Lipinski definition) is 1. The quantitative estimate of drug-likeness (QED) is 0.676. The highest BCUT2D eigenvalue weighted by Crippen LogP contribution is 2.32. The normalized spacial score (nSPS) is 11.8. The van der Waals surface area contributed by atoms with Crippen molar-refractivity contribution in [3.8, 4) is 11.5 Å². The molecule has 0 unspecified atom stereocenters. The van der Waals surface area contributed by atoms with Gasteiger partial charge in [0.25, 0.3) is 5.69 Å². The predicted molar refractivity (Wildman–Crippen MR) is 76.7 cm³/mol. The molecule has 21 heavy (non-hydrogen) atoms. The molecular weight excluding hydrogens is 274 g/mol. The average Bonchev–Trinajstić information content (AvgIpc) is 2.53. The van der Waals surface area contributed by atoms with E-state index in [1.54, 1.807) is 18.2 Å².